The minimum atomic E-state index is -0.306. The van der Waals surface area contributed by atoms with Crippen LogP contribution in [0.4, 0.5) is 16.5 Å². The first-order chi connectivity index (χ1) is 13.6. The van der Waals surface area contributed by atoms with Crippen LogP contribution < -0.4 is 16.0 Å². The van der Waals surface area contributed by atoms with Crippen molar-refractivity contribution in [2.75, 3.05) is 17.7 Å². The van der Waals surface area contributed by atoms with E-state index in [4.69, 9.17) is 0 Å². The molecule has 1 aliphatic rings. The Hall–Kier alpha value is -2.71. The number of nitrogens with one attached hydrogen (secondary N) is 3. The highest BCUT2D eigenvalue weighted by atomic mass is 32.1. The number of aliphatic hydroxyl groups is 1. The van der Waals surface area contributed by atoms with E-state index in [9.17, 15) is 9.90 Å². The van der Waals surface area contributed by atoms with Gasteiger partial charge in [-0.25, -0.2) is 4.98 Å². The third-order valence-electron chi connectivity index (χ3n) is 4.94. The molecule has 1 aromatic carbocycles. The lowest BCUT2D eigenvalue weighted by molar-refractivity contribution is 0.0958. The summed E-state index contributed by atoms with van der Waals surface area (Å²) in [6.07, 6.45) is 5.34. The third-order valence-corrected chi connectivity index (χ3v) is 5.88. The molecule has 4 N–H and O–H groups in total. The highest BCUT2D eigenvalue weighted by Crippen LogP contribution is 2.31. The molecule has 1 saturated carbocycles. The predicted octanol–water partition coefficient (Wildman–Crippen LogP) is 3.51. The van der Waals surface area contributed by atoms with Crippen LogP contribution in [0.1, 0.15) is 36.2 Å². The average Bonchev–Trinajstić information content (AvgIpc) is 3.11. The van der Waals surface area contributed by atoms with Crippen LogP contribution in [0.2, 0.25) is 0 Å². The van der Waals surface area contributed by atoms with Gasteiger partial charge in [0.15, 0.2) is 5.13 Å². The van der Waals surface area contributed by atoms with E-state index in [1.807, 2.05) is 24.3 Å². The normalized spacial score (nSPS) is 19.4. The molecule has 0 aliphatic heterocycles. The number of amides is 1. The standard InChI is InChI=1S/C20H23N5O2S/c1-21-19(27)16-10-13(8-9-22-16)23-12-6-7-15-18(11-12)28-20(25-15)24-14-4-2-3-5-17(14)26/h6-11,14,17,26H,2-5H2,1H3,(H,21,27)(H,22,23)(H,24,25)/t14-,17-/m1/s1. The summed E-state index contributed by atoms with van der Waals surface area (Å²) < 4.78 is 1.05. The Morgan fingerprint density at radius 1 is 1.18 bits per heavy atom. The summed E-state index contributed by atoms with van der Waals surface area (Å²) in [6.45, 7) is 0. The molecule has 0 spiro atoms. The average molecular weight is 398 g/mol. The molecule has 4 rings (SSSR count). The number of rotatable bonds is 5. The summed E-state index contributed by atoms with van der Waals surface area (Å²) in [5, 5.41) is 20.3. The van der Waals surface area contributed by atoms with Crippen LogP contribution >= 0.6 is 11.3 Å². The molecule has 1 amide bonds. The number of hydrogen-bond acceptors (Lipinski definition) is 7. The second-order valence-electron chi connectivity index (χ2n) is 6.94. The van der Waals surface area contributed by atoms with Crippen LogP contribution in [0, 0.1) is 0 Å². The lowest BCUT2D eigenvalue weighted by atomic mass is 9.93. The minimum Gasteiger partial charge on any atom is -0.391 e. The molecule has 3 aromatic rings. The smallest absolute Gasteiger partial charge is 0.269 e. The number of carbonyl (C=O) groups excluding carboxylic acids is 1. The molecule has 1 fully saturated rings. The number of hydrogen-bond donors (Lipinski definition) is 4. The summed E-state index contributed by atoms with van der Waals surface area (Å²) >= 11 is 1.58. The van der Waals surface area contributed by atoms with Gasteiger partial charge in [-0.3, -0.25) is 9.78 Å². The maximum atomic E-state index is 11.7. The van der Waals surface area contributed by atoms with Crippen molar-refractivity contribution in [2.24, 2.45) is 0 Å². The topological polar surface area (TPSA) is 99.2 Å². The van der Waals surface area contributed by atoms with Crippen LogP contribution in [-0.4, -0.2) is 40.2 Å². The molecule has 28 heavy (non-hydrogen) atoms. The molecule has 7 nitrogen and oxygen atoms in total. The zero-order valence-corrected chi connectivity index (χ0v) is 16.4. The van der Waals surface area contributed by atoms with Crippen LogP contribution in [0.15, 0.2) is 36.5 Å². The molecule has 1 aliphatic carbocycles. The summed E-state index contributed by atoms with van der Waals surface area (Å²) in [4.78, 5) is 20.5. The predicted molar refractivity (Wildman–Crippen MR) is 112 cm³/mol. The van der Waals surface area contributed by atoms with Crippen molar-refractivity contribution < 1.29 is 9.90 Å². The number of pyridine rings is 1. The maximum absolute atomic E-state index is 11.7. The van der Waals surface area contributed by atoms with Gasteiger partial charge in [0.2, 0.25) is 0 Å². The van der Waals surface area contributed by atoms with Gasteiger partial charge in [0.1, 0.15) is 5.69 Å². The third kappa shape index (κ3) is 4.07. The van der Waals surface area contributed by atoms with Gasteiger partial charge in [-0.15, -0.1) is 0 Å². The van der Waals surface area contributed by atoms with Crippen LogP contribution in [0.5, 0.6) is 0 Å². The zero-order chi connectivity index (χ0) is 19.5. The van der Waals surface area contributed by atoms with Crippen molar-refractivity contribution >= 4 is 44.0 Å². The second-order valence-corrected chi connectivity index (χ2v) is 7.97. The molecule has 8 heteroatoms. The van der Waals surface area contributed by atoms with Gasteiger partial charge in [0.05, 0.1) is 22.4 Å². The van der Waals surface area contributed by atoms with Gasteiger partial charge in [0, 0.05) is 24.6 Å². The van der Waals surface area contributed by atoms with Crippen molar-refractivity contribution in [3.8, 4) is 0 Å². The van der Waals surface area contributed by atoms with Crippen LogP contribution in [0.3, 0.4) is 0 Å². The van der Waals surface area contributed by atoms with E-state index >= 15 is 0 Å². The molecule has 2 atom stereocenters. The Kier molecular flexibility index (Phi) is 5.40. The zero-order valence-electron chi connectivity index (χ0n) is 15.6. The van der Waals surface area contributed by atoms with Gasteiger partial charge in [-0.1, -0.05) is 24.2 Å². The van der Waals surface area contributed by atoms with E-state index in [0.717, 1.165) is 52.4 Å². The highest BCUT2D eigenvalue weighted by molar-refractivity contribution is 7.22. The Bertz CT molecular complexity index is 990. The first-order valence-electron chi connectivity index (χ1n) is 9.43. The number of nitrogens with zero attached hydrogens (tertiary/aromatic N) is 2. The Morgan fingerprint density at radius 3 is 2.82 bits per heavy atom. The van der Waals surface area contributed by atoms with Gasteiger partial charge in [-0.05, 0) is 43.2 Å². The molecule has 146 valence electrons. The number of aliphatic hydroxyl groups excluding tert-OH is 1. The van der Waals surface area contributed by atoms with Crippen molar-refractivity contribution in [3.63, 3.8) is 0 Å². The molecular formula is C20H23N5O2S. The highest BCUT2D eigenvalue weighted by Gasteiger charge is 2.23. The molecule has 2 heterocycles. The van der Waals surface area contributed by atoms with E-state index in [-0.39, 0.29) is 18.1 Å². The molecule has 0 bridgehead atoms. The van der Waals surface area contributed by atoms with Crippen LogP contribution in [0.25, 0.3) is 10.2 Å². The van der Waals surface area contributed by atoms with E-state index in [0.29, 0.717) is 5.69 Å². The number of thiazole rings is 1. The lowest BCUT2D eigenvalue weighted by Crippen LogP contribution is -2.36. The largest absolute Gasteiger partial charge is 0.391 e. The molecular weight excluding hydrogens is 374 g/mol. The first kappa shape index (κ1) is 18.6. The Balaban J connectivity index is 1.51. The molecule has 0 radical (unpaired) electrons. The van der Waals surface area contributed by atoms with Gasteiger partial charge in [0.25, 0.3) is 5.91 Å². The summed E-state index contributed by atoms with van der Waals surface area (Å²) in [7, 11) is 1.58. The second kappa shape index (κ2) is 8.12. The van der Waals surface area contributed by atoms with E-state index < -0.39 is 0 Å². The van der Waals surface area contributed by atoms with Gasteiger partial charge < -0.3 is 21.1 Å². The number of aromatic nitrogens is 2. The molecule has 0 saturated heterocycles. The fraction of sp³-hybridized carbons (Fsp3) is 0.350. The number of benzene rings is 1. The summed E-state index contributed by atoms with van der Waals surface area (Å²) in [6, 6.07) is 9.58. The molecule has 0 unspecified atom stereocenters. The van der Waals surface area contributed by atoms with E-state index in [2.05, 4.69) is 25.9 Å². The van der Waals surface area contributed by atoms with Crippen LogP contribution in [-0.2, 0) is 0 Å². The lowest BCUT2D eigenvalue weighted by Gasteiger charge is -2.27. The minimum absolute atomic E-state index is 0.0758. The fourth-order valence-corrected chi connectivity index (χ4v) is 4.40. The van der Waals surface area contributed by atoms with E-state index in [1.54, 1.807) is 30.6 Å². The Morgan fingerprint density at radius 2 is 2.00 bits per heavy atom. The van der Waals surface area contributed by atoms with Gasteiger partial charge in [-0.2, -0.15) is 0 Å². The number of fused-ring (bicyclic) bond motifs is 1. The van der Waals surface area contributed by atoms with Crippen molar-refractivity contribution in [1.29, 1.82) is 0 Å². The summed E-state index contributed by atoms with van der Waals surface area (Å²) in [5.41, 5.74) is 2.99. The van der Waals surface area contributed by atoms with Crippen molar-refractivity contribution in [3.05, 3.63) is 42.2 Å². The van der Waals surface area contributed by atoms with Crippen molar-refractivity contribution in [1.82, 2.24) is 15.3 Å². The Labute approximate surface area is 167 Å². The fourth-order valence-electron chi connectivity index (χ4n) is 3.43. The monoisotopic (exact) mass is 397 g/mol. The SMILES string of the molecule is CNC(=O)c1cc(Nc2ccc3nc(N[C@@H]4CCCC[C@H]4O)sc3c2)ccn1. The quantitative estimate of drug-likeness (QED) is 0.526. The van der Waals surface area contributed by atoms with E-state index in [1.165, 1.54) is 0 Å². The maximum Gasteiger partial charge on any atom is 0.269 e. The summed E-state index contributed by atoms with van der Waals surface area (Å²) in [5.74, 6) is -0.220. The number of carbonyl (C=O) groups is 1. The van der Waals surface area contributed by atoms with Crippen molar-refractivity contribution in [2.45, 2.75) is 37.8 Å². The first-order valence-corrected chi connectivity index (χ1v) is 10.2. The molecule has 2 aromatic heterocycles. The number of anilines is 3. The van der Waals surface area contributed by atoms with Gasteiger partial charge >= 0.3 is 0 Å².